The number of esters is 1. The van der Waals surface area contributed by atoms with Gasteiger partial charge in [0.2, 0.25) is 0 Å². The van der Waals surface area contributed by atoms with Gasteiger partial charge >= 0.3 is 11.9 Å². The van der Waals surface area contributed by atoms with Crippen LogP contribution in [0, 0.1) is 39.9 Å². The molecule has 0 aromatic carbocycles. The predicted octanol–water partition coefficient (Wildman–Crippen LogP) is 5.67. The fourth-order valence-corrected chi connectivity index (χ4v) is 9.79. The van der Waals surface area contributed by atoms with E-state index in [0.717, 1.165) is 36.8 Å². The van der Waals surface area contributed by atoms with Crippen LogP contribution >= 0.6 is 0 Å². The summed E-state index contributed by atoms with van der Waals surface area (Å²) in [6.07, 6.45) is 6.22. The standard InChI is InChI=1S/C31H48O6/c1-17(2)9-8-10-20(28(35)36)26-22-15-24(34)27-29(5)13-12-23(33)18(3)21(29)11-14-30(27,6)31(22,7)16-25(26)37-19(4)32/h9,18,21-25,27,33-34H,8,10-16H2,1-7H3,(H,35,36)/b26-20+/t18-,21?,22+,23+,24+,25-,27?,29-,30-,31-/m0/s1. The van der Waals surface area contributed by atoms with Gasteiger partial charge < -0.3 is 20.1 Å². The average Bonchev–Trinajstić information content (AvgIpc) is 3.05. The molecule has 208 valence electrons. The number of allylic oxidation sites excluding steroid dienone is 2. The van der Waals surface area contributed by atoms with E-state index < -0.39 is 24.1 Å². The number of rotatable bonds is 5. The van der Waals surface area contributed by atoms with E-state index in [0.29, 0.717) is 37.2 Å². The number of carbonyl (C=O) groups excluding carboxylic acids is 1. The number of carboxylic acid groups (broad SMARTS) is 1. The van der Waals surface area contributed by atoms with Crippen molar-refractivity contribution in [2.75, 3.05) is 0 Å². The van der Waals surface area contributed by atoms with Gasteiger partial charge in [-0.1, -0.05) is 39.3 Å². The Morgan fingerprint density at radius 3 is 2.30 bits per heavy atom. The lowest BCUT2D eigenvalue weighted by Crippen LogP contribution is -2.65. The van der Waals surface area contributed by atoms with Crippen LogP contribution in [0.25, 0.3) is 0 Å². The Kier molecular flexibility index (Phi) is 7.53. The second-order valence-corrected chi connectivity index (χ2v) is 13.6. The van der Waals surface area contributed by atoms with Crippen molar-refractivity contribution in [3.05, 3.63) is 22.8 Å². The Balaban J connectivity index is 1.82. The third kappa shape index (κ3) is 4.40. The van der Waals surface area contributed by atoms with E-state index in [9.17, 15) is 24.9 Å². The summed E-state index contributed by atoms with van der Waals surface area (Å²) >= 11 is 0. The van der Waals surface area contributed by atoms with Gasteiger partial charge in [-0.2, -0.15) is 0 Å². The number of ether oxygens (including phenoxy) is 1. The third-order valence-electron chi connectivity index (χ3n) is 11.6. The van der Waals surface area contributed by atoms with Gasteiger partial charge in [0.15, 0.2) is 0 Å². The van der Waals surface area contributed by atoms with Gasteiger partial charge in [0, 0.05) is 12.5 Å². The van der Waals surface area contributed by atoms with Gasteiger partial charge in [-0.25, -0.2) is 4.79 Å². The van der Waals surface area contributed by atoms with E-state index in [4.69, 9.17) is 4.74 Å². The van der Waals surface area contributed by atoms with Gasteiger partial charge in [-0.3, -0.25) is 4.79 Å². The van der Waals surface area contributed by atoms with E-state index in [1.807, 2.05) is 19.9 Å². The molecule has 0 saturated heterocycles. The van der Waals surface area contributed by atoms with Crippen molar-refractivity contribution in [1.82, 2.24) is 0 Å². The molecule has 4 aliphatic rings. The maximum Gasteiger partial charge on any atom is 0.331 e. The van der Waals surface area contributed by atoms with Crippen LogP contribution in [0.2, 0.25) is 0 Å². The summed E-state index contributed by atoms with van der Waals surface area (Å²) in [5.74, 6) is -0.909. The predicted molar refractivity (Wildman–Crippen MR) is 143 cm³/mol. The maximum atomic E-state index is 12.6. The molecule has 6 heteroatoms. The number of aliphatic hydroxyl groups excluding tert-OH is 2. The minimum atomic E-state index is -0.953. The van der Waals surface area contributed by atoms with Crippen LogP contribution in [-0.4, -0.2) is 45.6 Å². The van der Waals surface area contributed by atoms with E-state index in [1.165, 1.54) is 6.92 Å². The van der Waals surface area contributed by atoms with Crippen LogP contribution < -0.4 is 0 Å². The van der Waals surface area contributed by atoms with Crippen molar-refractivity contribution in [2.45, 2.75) is 118 Å². The molecule has 3 N–H and O–H groups in total. The zero-order valence-electron chi connectivity index (χ0n) is 23.8. The molecule has 0 bridgehead atoms. The molecule has 0 aromatic rings. The molecule has 0 radical (unpaired) electrons. The number of carbonyl (C=O) groups is 2. The number of carboxylic acids is 1. The Labute approximate surface area is 222 Å². The topological polar surface area (TPSA) is 104 Å². The lowest BCUT2D eigenvalue weighted by atomic mass is 9.36. The van der Waals surface area contributed by atoms with Crippen molar-refractivity contribution in [3.8, 4) is 0 Å². The smallest absolute Gasteiger partial charge is 0.331 e. The Bertz CT molecular complexity index is 994. The summed E-state index contributed by atoms with van der Waals surface area (Å²) < 4.78 is 5.87. The minimum Gasteiger partial charge on any atom is -0.478 e. The lowest BCUT2D eigenvalue weighted by Gasteiger charge is -2.69. The second kappa shape index (κ2) is 9.82. The van der Waals surface area contributed by atoms with E-state index in [-0.39, 0.29) is 40.1 Å². The fourth-order valence-electron chi connectivity index (χ4n) is 9.79. The summed E-state index contributed by atoms with van der Waals surface area (Å²) in [7, 11) is 0. The Morgan fingerprint density at radius 2 is 1.70 bits per heavy atom. The summed E-state index contributed by atoms with van der Waals surface area (Å²) in [6.45, 7) is 14.5. The SMILES string of the molecule is CC(=O)O[C@H]1C[C@@]2(C)[C@H](C[C@@H](O)C3[C@@]4(C)CC[C@@H](O)[C@@H](C)C4CC[C@@]32C)/C1=C(/CCC=C(C)C)C(=O)O. The highest BCUT2D eigenvalue weighted by Crippen LogP contribution is 2.74. The average molecular weight is 517 g/mol. The highest BCUT2D eigenvalue weighted by molar-refractivity contribution is 5.88. The first-order valence-electron chi connectivity index (χ1n) is 14.3. The Morgan fingerprint density at radius 1 is 1.03 bits per heavy atom. The second-order valence-electron chi connectivity index (χ2n) is 13.6. The third-order valence-corrected chi connectivity index (χ3v) is 11.6. The molecule has 10 atom stereocenters. The largest absolute Gasteiger partial charge is 0.478 e. The van der Waals surface area contributed by atoms with Gasteiger partial charge in [0.05, 0.1) is 12.2 Å². The molecule has 0 amide bonds. The van der Waals surface area contributed by atoms with Crippen LogP contribution in [0.3, 0.4) is 0 Å². The zero-order valence-corrected chi connectivity index (χ0v) is 23.8. The normalized spacial score (nSPS) is 46.2. The van der Waals surface area contributed by atoms with Gasteiger partial charge in [-0.15, -0.1) is 0 Å². The van der Waals surface area contributed by atoms with E-state index >= 15 is 0 Å². The molecule has 37 heavy (non-hydrogen) atoms. The van der Waals surface area contributed by atoms with Crippen LogP contribution in [0.1, 0.15) is 99.8 Å². The monoisotopic (exact) mass is 516 g/mol. The molecule has 0 spiro atoms. The molecule has 0 aromatic heterocycles. The van der Waals surface area contributed by atoms with Crippen molar-refractivity contribution in [1.29, 1.82) is 0 Å². The molecule has 4 rings (SSSR count). The fraction of sp³-hybridized carbons (Fsp3) is 0.806. The molecule has 0 heterocycles. The maximum absolute atomic E-state index is 12.6. The van der Waals surface area contributed by atoms with Gasteiger partial charge in [0.1, 0.15) is 6.10 Å². The van der Waals surface area contributed by atoms with Crippen molar-refractivity contribution >= 4 is 11.9 Å². The molecule has 2 unspecified atom stereocenters. The highest BCUT2D eigenvalue weighted by atomic mass is 16.5. The Hall–Kier alpha value is -1.66. The summed E-state index contributed by atoms with van der Waals surface area (Å²) in [6, 6.07) is 0. The van der Waals surface area contributed by atoms with Crippen LogP contribution in [0.15, 0.2) is 22.8 Å². The molecular formula is C31H48O6. The zero-order chi connectivity index (χ0) is 27.5. The van der Waals surface area contributed by atoms with Gasteiger partial charge in [0.25, 0.3) is 0 Å². The molecule has 4 saturated carbocycles. The van der Waals surface area contributed by atoms with Crippen LogP contribution in [0.4, 0.5) is 0 Å². The van der Waals surface area contributed by atoms with Crippen LogP contribution in [0.5, 0.6) is 0 Å². The van der Waals surface area contributed by atoms with Gasteiger partial charge in [-0.05, 0) is 111 Å². The summed E-state index contributed by atoms with van der Waals surface area (Å²) in [5, 5.41) is 32.9. The first-order chi connectivity index (χ1) is 17.2. The minimum absolute atomic E-state index is 0.0474. The lowest BCUT2D eigenvalue weighted by molar-refractivity contribution is -0.234. The van der Waals surface area contributed by atoms with Crippen molar-refractivity contribution < 1.29 is 29.6 Å². The molecule has 4 aliphatic carbocycles. The number of hydrogen-bond donors (Lipinski definition) is 3. The van der Waals surface area contributed by atoms with E-state index in [2.05, 4.69) is 27.7 Å². The molecular weight excluding hydrogens is 468 g/mol. The molecule has 4 fully saturated rings. The number of fused-ring (bicyclic) bond motifs is 5. The number of hydrogen-bond acceptors (Lipinski definition) is 5. The van der Waals surface area contributed by atoms with Crippen molar-refractivity contribution in [2.24, 2.45) is 39.9 Å². The number of aliphatic carboxylic acids is 1. The molecule has 6 nitrogen and oxygen atoms in total. The highest BCUT2D eigenvalue weighted by Gasteiger charge is 2.70. The van der Waals surface area contributed by atoms with Crippen LogP contribution in [-0.2, 0) is 14.3 Å². The summed E-state index contributed by atoms with van der Waals surface area (Å²) in [4.78, 5) is 24.8. The quantitative estimate of drug-likeness (QED) is 0.247. The first-order valence-corrected chi connectivity index (χ1v) is 14.3. The summed E-state index contributed by atoms with van der Waals surface area (Å²) in [5.41, 5.74) is 1.57. The number of aliphatic hydroxyl groups is 2. The molecule has 0 aliphatic heterocycles. The first kappa shape index (κ1) is 28.4. The van der Waals surface area contributed by atoms with E-state index in [1.54, 1.807) is 0 Å². The van der Waals surface area contributed by atoms with Crippen molar-refractivity contribution in [3.63, 3.8) is 0 Å².